The molecule has 0 bridgehead atoms. The van der Waals surface area contributed by atoms with E-state index in [-0.39, 0.29) is 29.2 Å². The maximum absolute atomic E-state index is 12.1. The SMILES string of the molecule is Cc1cc([N+](=O)[O-])c(C)nc1C(C#N)C(=O)OC(C)(C)C.Cc1cc([N+](=O)[O-])c(C)nc1CC#N. The van der Waals surface area contributed by atoms with E-state index in [1.807, 2.05) is 12.1 Å². The molecule has 0 saturated heterocycles. The van der Waals surface area contributed by atoms with Crippen LogP contribution in [0, 0.1) is 70.6 Å². The molecule has 0 aliphatic heterocycles. The normalized spacial score (nSPS) is 11.2. The van der Waals surface area contributed by atoms with Crippen molar-refractivity contribution in [2.45, 2.75) is 66.4 Å². The van der Waals surface area contributed by atoms with E-state index in [4.69, 9.17) is 10.00 Å². The lowest BCUT2D eigenvalue weighted by Crippen LogP contribution is -2.28. The van der Waals surface area contributed by atoms with Crippen molar-refractivity contribution in [1.29, 1.82) is 10.5 Å². The number of hydrogen-bond acceptors (Lipinski definition) is 10. The van der Waals surface area contributed by atoms with E-state index in [9.17, 15) is 30.3 Å². The third-order valence-corrected chi connectivity index (χ3v) is 4.58. The summed E-state index contributed by atoms with van der Waals surface area (Å²) in [6.07, 6.45) is 0.185. The lowest BCUT2D eigenvalue weighted by molar-refractivity contribution is -0.385. The summed E-state index contributed by atoms with van der Waals surface area (Å²) in [6.45, 7) is 11.4. The van der Waals surface area contributed by atoms with E-state index in [0.29, 0.717) is 22.5 Å². The topological polar surface area (TPSA) is 186 Å². The summed E-state index contributed by atoms with van der Waals surface area (Å²) in [5.74, 6) is -1.92. The summed E-state index contributed by atoms with van der Waals surface area (Å²) in [7, 11) is 0. The van der Waals surface area contributed by atoms with E-state index in [1.165, 1.54) is 19.1 Å². The first kappa shape index (κ1) is 28.6. The second-order valence-electron chi connectivity index (χ2n) is 8.60. The van der Waals surface area contributed by atoms with Crippen molar-refractivity contribution in [2.24, 2.45) is 0 Å². The quantitative estimate of drug-likeness (QED) is 0.339. The van der Waals surface area contributed by atoms with Gasteiger partial charge in [-0.25, -0.2) is 9.97 Å². The van der Waals surface area contributed by atoms with Crippen LogP contribution in [0.3, 0.4) is 0 Å². The summed E-state index contributed by atoms with van der Waals surface area (Å²) in [4.78, 5) is 40.5. The van der Waals surface area contributed by atoms with Crippen molar-refractivity contribution in [3.63, 3.8) is 0 Å². The van der Waals surface area contributed by atoms with Crippen LogP contribution in [-0.4, -0.2) is 31.4 Å². The molecule has 1 atom stereocenters. The molecular weight excluding hydrogens is 456 g/mol. The Kier molecular flexibility index (Phi) is 9.48. The zero-order valence-electron chi connectivity index (χ0n) is 20.6. The monoisotopic (exact) mass is 482 g/mol. The molecule has 0 amide bonds. The van der Waals surface area contributed by atoms with Crippen LogP contribution in [0.1, 0.15) is 60.6 Å². The van der Waals surface area contributed by atoms with E-state index in [0.717, 1.165) is 0 Å². The van der Waals surface area contributed by atoms with Gasteiger partial charge in [-0.3, -0.25) is 25.0 Å². The number of carbonyl (C=O) groups excluding carboxylic acids is 1. The molecule has 0 aromatic carbocycles. The van der Waals surface area contributed by atoms with Gasteiger partial charge in [-0.15, -0.1) is 0 Å². The number of rotatable bonds is 5. The number of hydrogen-bond donors (Lipinski definition) is 0. The Morgan fingerprint density at radius 1 is 1.00 bits per heavy atom. The first-order valence-corrected chi connectivity index (χ1v) is 10.4. The maximum Gasteiger partial charge on any atom is 0.330 e. The van der Waals surface area contributed by atoms with Crippen LogP contribution >= 0.6 is 0 Å². The highest BCUT2D eigenvalue weighted by Crippen LogP contribution is 2.26. The molecular formula is C23H26N6O6. The molecule has 0 saturated carbocycles. The molecule has 12 heteroatoms. The lowest BCUT2D eigenvalue weighted by atomic mass is 10.0. The molecule has 184 valence electrons. The van der Waals surface area contributed by atoms with Crippen LogP contribution in [0.2, 0.25) is 0 Å². The number of aromatic nitrogens is 2. The summed E-state index contributed by atoms with van der Waals surface area (Å²) in [5.41, 5.74) is 1.53. The van der Waals surface area contributed by atoms with Crippen LogP contribution < -0.4 is 0 Å². The van der Waals surface area contributed by atoms with Gasteiger partial charge in [-0.2, -0.15) is 10.5 Å². The molecule has 2 aromatic rings. The van der Waals surface area contributed by atoms with Crippen molar-refractivity contribution in [3.05, 3.63) is 66.3 Å². The molecule has 0 radical (unpaired) electrons. The number of nitro groups is 2. The van der Waals surface area contributed by atoms with Gasteiger partial charge in [0.25, 0.3) is 11.4 Å². The Balaban J connectivity index is 0.000000379. The maximum atomic E-state index is 12.1. The Morgan fingerprint density at radius 3 is 1.91 bits per heavy atom. The zero-order valence-corrected chi connectivity index (χ0v) is 20.6. The molecule has 0 aliphatic rings. The van der Waals surface area contributed by atoms with Gasteiger partial charge in [0.15, 0.2) is 5.92 Å². The highest BCUT2D eigenvalue weighted by atomic mass is 16.6. The number of esters is 1. The average molecular weight is 482 g/mol. The summed E-state index contributed by atoms with van der Waals surface area (Å²) in [6, 6.07) is 6.58. The minimum Gasteiger partial charge on any atom is -0.459 e. The predicted octanol–water partition coefficient (Wildman–Crippen LogP) is 4.23. The summed E-state index contributed by atoms with van der Waals surface area (Å²) >= 11 is 0. The number of nitrogens with zero attached hydrogens (tertiary/aromatic N) is 6. The average Bonchev–Trinajstić information content (AvgIpc) is 2.72. The van der Waals surface area contributed by atoms with Gasteiger partial charge in [0.05, 0.1) is 39.8 Å². The zero-order chi connectivity index (χ0) is 27.1. The number of nitriles is 2. The fourth-order valence-corrected chi connectivity index (χ4v) is 2.95. The van der Waals surface area contributed by atoms with E-state index >= 15 is 0 Å². The number of ether oxygens (including phenoxy) is 1. The van der Waals surface area contributed by atoms with Crippen molar-refractivity contribution in [3.8, 4) is 12.1 Å². The van der Waals surface area contributed by atoms with Gasteiger partial charge in [0.2, 0.25) is 0 Å². The van der Waals surface area contributed by atoms with Crippen LogP contribution in [0.25, 0.3) is 0 Å². The second-order valence-corrected chi connectivity index (χ2v) is 8.60. The largest absolute Gasteiger partial charge is 0.459 e. The number of aryl methyl sites for hydroxylation is 4. The van der Waals surface area contributed by atoms with Gasteiger partial charge in [0, 0.05) is 12.1 Å². The van der Waals surface area contributed by atoms with Crippen LogP contribution in [-0.2, 0) is 16.0 Å². The predicted molar refractivity (Wildman–Crippen MR) is 124 cm³/mol. The summed E-state index contributed by atoms with van der Waals surface area (Å²) < 4.78 is 5.18. The third-order valence-electron chi connectivity index (χ3n) is 4.58. The molecule has 0 spiro atoms. The molecule has 0 fully saturated rings. The fraction of sp³-hybridized carbons (Fsp3) is 0.435. The molecule has 35 heavy (non-hydrogen) atoms. The Hall–Kier alpha value is -4.45. The second kappa shape index (κ2) is 11.6. The van der Waals surface area contributed by atoms with Gasteiger partial charge in [-0.05, 0) is 59.6 Å². The van der Waals surface area contributed by atoms with Gasteiger partial charge < -0.3 is 4.74 Å². The highest BCUT2D eigenvalue weighted by Gasteiger charge is 2.30. The highest BCUT2D eigenvalue weighted by molar-refractivity contribution is 5.81. The fourth-order valence-electron chi connectivity index (χ4n) is 2.95. The van der Waals surface area contributed by atoms with E-state index < -0.39 is 27.3 Å². The van der Waals surface area contributed by atoms with Crippen molar-refractivity contribution in [2.75, 3.05) is 0 Å². The first-order chi connectivity index (χ1) is 16.1. The lowest BCUT2D eigenvalue weighted by Gasteiger charge is -2.21. The Labute approximate surface area is 202 Å². The number of pyridine rings is 2. The molecule has 2 heterocycles. The Morgan fingerprint density at radius 2 is 1.49 bits per heavy atom. The third kappa shape index (κ3) is 7.82. The van der Waals surface area contributed by atoms with Gasteiger partial charge >= 0.3 is 5.97 Å². The minimum atomic E-state index is -1.20. The van der Waals surface area contributed by atoms with E-state index in [1.54, 1.807) is 41.5 Å². The van der Waals surface area contributed by atoms with Crippen molar-refractivity contribution >= 4 is 17.3 Å². The molecule has 2 rings (SSSR count). The van der Waals surface area contributed by atoms with Gasteiger partial charge in [0.1, 0.15) is 17.0 Å². The standard InChI is InChI=1S/C14H17N3O4.C9H9N3O2/c1-8-6-11(17(19)20)9(2)16-12(8)10(7-15)13(18)21-14(3,4)5;1-6-5-9(12(13)14)7(2)11-8(6)3-4-10/h6,10H,1-5H3;5H,3H2,1-2H3. The van der Waals surface area contributed by atoms with Crippen molar-refractivity contribution < 1.29 is 19.4 Å². The van der Waals surface area contributed by atoms with Crippen molar-refractivity contribution in [1.82, 2.24) is 9.97 Å². The van der Waals surface area contributed by atoms with Gasteiger partial charge in [-0.1, -0.05) is 0 Å². The smallest absolute Gasteiger partial charge is 0.330 e. The van der Waals surface area contributed by atoms with Crippen LogP contribution in [0.15, 0.2) is 12.1 Å². The molecule has 12 nitrogen and oxygen atoms in total. The minimum absolute atomic E-state index is 0.00388. The first-order valence-electron chi connectivity index (χ1n) is 10.4. The molecule has 2 aromatic heterocycles. The van der Waals surface area contributed by atoms with Crippen LogP contribution in [0.4, 0.5) is 11.4 Å². The Bertz CT molecular complexity index is 1240. The summed E-state index contributed by atoms with van der Waals surface area (Å²) in [5, 5.41) is 39.1. The number of carbonyl (C=O) groups is 1. The van der Waals surface area contributed by atoms with E-state index in [2.05, 4.69) is 9.97 Å². The van der Waals surface area contributed by atoms with Crippen LogP contribution in [0.5, 0.6) is 0 Å². The molecule has 0 N–H and O–H groups in total. The molecule has 0 aliphatic carbocycles. The molecule has 1 unspecified atom stereocenters.